The van der Waals surface area contributed by atoms with Crippen molar-refractivity contribution < 1.29 is 0 Å². The predicted octanol–water partition coefficient (Wildman–Crippen LogP) is 3.79. The summed E-state index contributed by atoms with van der Waals surface area (Å²) in [4.78, 5) is 8.80. The molecule has 1 heterocycles. The molecule has 19 heavy (non-hydrogen) atoms. The second kappa shape index (κ2) is 5.89. The monoisotopic (exact) mass is 276 g/mol. The Kier molecular flexibility index (Phi) is 4.22. The van der Waals surface area contributed by atoms with E-state index in [1.807, 2.05) is 45.2 Å². The van der Waals surface area contributed by atoms with Crippen molar-refractivity contribution >= 4 is 28.9 Å². The molecule has 5 heteroatoms. The Morgan fingerprint density at radius 2 is 1.89 bits per heavy atom. The third kappa shape index (κ3) is 3.35. The van der Waals surface area contributed by atoms with Crippen molar-refractivity contribution in [1.82, 2.24) is 9.97 Å². The van der Waals surface area contributed by atoms with Crippen LogP contribution in [0, 0.1) is 6.92 Å². The molecule has 2 rings (SSSR count). The molecule has 100 valence electrons. The molecule has 0 bridgehead atoms. The standard InChI is InChI=1S/C14H17ClN4/c1-4-12-18-13(16-3)8-14(19-12)17-10-6-5-9(2)11(15)7-10/h5-8H,4H2,1-3H3,(H2,16,17,18,19). The summed E-state index contributed by atoms with van der Waals surface area (Å²) in [5, 5.41) is 7.02. The Labute approximate surface area is 118 Å². The van der Waals surface area contributed by atoms with Crippen LogP contribution in [-0.4, -0.2) is 17.0 Å². The number of nitrogens with zero attached hydrogens (tertiary/aromatic N) is 2. The number of hydrogen-bond donors (Lipinski definition) is 2. The van der Waals surface area contributed by atoms with Crippen LogP contribution in [0.2, 0.25) is 5.02 Å². The molecule has 1 aromatic carbocycles. The molecule has 2 N–H and O–H groups in total. The molecule has 0 fully saturated rings. The molecule has 4 nitrogen and oxygen atoms in total. The van der Waals surface area contributed by atoms with Crippen LogP contribution in [0.25, 0.3) is 0 Å². The first-order valence-electron chi connectivity index (χ1n) is 6.21. The highest BCUT2D eigenvalue weighted by Crippen LogP contribution is 2.23. The van der Waals surface area contributed by atoms with Crippen molar-refractivity contribution in [2.75, 3.05) is 17.7 Å². The smallest absolute Gasteiger partial charge is 0.136 e. The van der Waals surface area contributed by atoms with Crippen LogP contribution in [0.15, 0.2) is 24.3 Å². The van der Waals surface area contributed by atoms with Gasteiger partial charge in [0, 0.05) is 30.2 Å². The van der Waals surface area contributed by atoms with Gasteiger partial charge in [-0.3, -0.25) is 0 Å². The van der Waals surface area contributed by atoms with Gasteiger partial charge >= 0.3 is 0 Å². The molecular formula is C14H17ClN4. The van der Waals surface area contributed by atoms with E-state index >= 15 is 0 Å². The topological polar surface area (TPSA) is 49.8 Å². The first kappa shape index (κ1) is 13.6. The van der Waals surface area contributed by atoms with Crippen LogP contribution in [0.1, 0.15) is 18.3 Å². The lowest BCUT2D eigenvalue weighted by Gasteiger charge is -2.10. The van der Waals surface area contributed by atoms with Gasteiger partial charge in [-0.25, -0.2) is 9.97 Å². The number of hydrogen-bond acceptors (Lipinski definition) is 4. The number of benzene rings is 1. The molecule has 0 atom stereocenters. The fourth-order valence-electron chi connectivity index (χ4n) is 1.67. The molecule has 0 unspecified atom stereocenters. The lowest BCUT2D eigenvalue weighted by atomic mass is 10.2. The molecule has 0 aliphatic rings. The van der Waals surface area contributed by atoms with E-state index in [-0.39, 0.29) is 0 Å². The predicted molar refractivity (Wildman–Crippen MR) is 80.4 cm³/mol. The number of aryl methyl sites for hydroxylation is 2. The minimum atomic E-state index is 0.739. The quantitative estimate of drug-likeness (QED) is 0.892. The van der Waals surface area contributed by atoms with E-state index in [1.165, 1.54) is 0 Å². The number of aromatic nitrogens is 2. The lowest BCUT2D eigenvalue weighted by Crippen LogP contribution is -2.03. The summed E-state index contributed by atoms with van der Waals surface area (Å²) in [6.07, 6.45) is 0.791. The zero-order valence-corrected chi connectivity index (χ0v) is 12.0. The first-order chi connectivity index (χ1) is 9.12. The van der Waals surface area contributed by atoms with E-state index in [1.54, 1.807) is 0 Å². The fraction of sp³-hybridized carbons (Fsp3) is 0.286. The Bertz CT molecular complexity index is 561. The van der Waals surface area contributed by atoms with Gasteiger partial charge in [0.25, 0.3) is 0 Å². The zero-order valence-electron chi connectivity index (χ0n) is 11.3. The van der Waals surface area contributed by atoms with Crippen molar-refractivity contribution in [3.63, 3.8) is 0 Å². The number of halogens is 1. The van der Waals surface area contributed by atoms with Crippen LogP contribution in [-0.2, 0) is 6.42 Å². The number of anilines is 3. The first-order valence-corrected chi connectivity index (χ1v) is 6.59. The maximum atomic E-state index is 6.11. The third-order valence-electron chi connectivity index (χ3n) is 2.79. The molecule has 0 spiro atoms. The highest BCUT2D eigenvalue weighted by Gasteiger charge is 2.04. The molecule has 0 radical (unpaired) electrons. The van der Waals surface area contributed by atoms with Gasteiger partial charge in [0.1, 0.15) is 17.5 Å². The van der Waals surface area contributed by atoms with E-state index in [0.717, 1.165) is 40.2 Å². The van der Waals surface area contributed by atoms with E-state index in [2.05, 4.69) is 20.6 Å². The van der Waals surface area contributed by atoms with E-state index in [9.17, 15) is 0 Å². The summed E-state index contributed by atoms with van der Waals surface area (Å²) < 4.78 is 0. The molecule has 2 aromatic rings. The molecule has 0 amide bonds. The maximum Gasteiger partial charge on any atom is 0.136 e. The van der Waals surface area contributed by atoms with Crippen molar-refractivity contribution in [3.8, 4) is 0 Å². The Hall–Kier alpha value is -1.81. The summed E-state index contributed by atoms with van der Waals surface area (Å²) in [7, 11) is 1.84. The normalized spacial score (nSPS) is 10.3. The van der Waals surface area contributed by atoms with Crippen LogP contribution < -0.4 is 10.6 Å². The average molecular weight is 277 g/mol. The average Bonchev–Trinajstić information content (AvgIpc) is 2.42. The highest BCUT2D eigenvalue weighted by molar-refractivity contribution is 6.31. The van der Waals surface area contributed by atoms with Crippen LogP contribution in [0.4, 0.5) is 17.3 Å². The number of rotatable bonds is 4. The van der Waals surface area contributed by atoms with Gasteiger partial charge in [-0.2, -0.15) is 0 Å². The van der Waals surface area contributed by atoms with Gasteiger partial charge in [-0.1, -0.05) is 24.6 Å². The zero-order chi connectivity index (χ0) is 13.8. The fourth-order valence-corrected chi connectivity index (χ4v) is 1.85. The summed E-state index contributed by atoms with van der Waals surface area (Å²) in [6, 6.07) is 7.72. The molecule has 0 saturated carbocycles. The van der Waals surface area contributed by atoms with Gasteiger partial charge < -0.3 is 10.6 Å². The van der Waals surface area contributed by atoms with Gasteiger partial charge in [0.05, 0.1) is 0 Å². The summed E-state index contributed by atoms with van der Waals surface area (Å²) in [5.74, 6) is 2.36. The van der Waals surface area contributed by atoms with E-state index in [4.69, 9.17) is 11.6 Å². The number of nitrogens with one attached hydrogen (secondary N) is 2. The van der Waals surface area contributed by atoms with Gasteiger partial charge in [-0.15, -0.1) is 0 Å². The molecular weight excluding hydrogens is 260 g/mol. The minimum absolute atomic E-state index is 0.739. The largest absolute Gasteiger partial charge is 0.373 e. The molecule has 0 aliphatic carbocycles. The SMILES string of the molecule is CCc1nc(NC)cc(Nc2ccc(C)c(Cl)c2)n1. The van der Waals surface area contributed by atoms with Crippen LogP contribution in [0.5, 0.6) is 0 Å². The Morgan fingerprint density at radius 3 is 2.53 bits per heavy atom. The van der Waals surface area contributed by atoms with Gasteiger partial charge in [0.2, 0.25) is 0 Å². The highest BCUT2D eigenvalue weighted by atomic mass is 35.5. The van der Waals surface area contributed by atoms with Crippen LogP contribution >= 0.6 is 11.6 Å². The van der Waals surface area contributed by atoms with Crippen molar-refractivity contribution in [2.45, 2.75) is 20.3 Å². The van der Waals surface area contributed by atoms with E-state index in [0.29, 0.717) is 0 Å². The van der Waals surface area contributed by atoms with Crippen molar-refractivity contribution in [3.05, 3.63) is 40.7 Å². The minimum Gasteiger partial charge on any atom is -0.373 e. The van der Waals surface area contributed by atoms with E-state index < -0.39 is 0 Å². The van der Waals surface area contributed by atoms with Crippen LogP contribution in [0.3, 0.4) is 0 Å². The lowest BCUT2D eigenvalue weighted by molar-refractivity contribution is 0.945. The second-order valence-corrected chi connectivity index (χ2v) is 4.65. The summed E-state index contributed by atoms with van der Waals surface area (Å²) in [6.45, 7) is 4.01. The summed E-state index contributed by atoms with van der Waals surface area (Å²) >= 11 is 6.11. The third-order valence-corrected chi connectivity index (χ3v) is 3.20. The summed E-state index contributed by atoms with van der Waals surface area (Å²) in [5.41, 5.74) is 1.97. The molecule has 0 aliphatic heterocycles. The van der Waals surface area contributed by atoms with Crippen molar-refractivity contribution in [1.29, 1.82) is 0 Å². The molecule has 0 saturated heterocycles. The van der Waals surface area contributed by atoms with Gasteiger partial charge in [0.15, 0.2) is 0 Å². The van der Waals surface area contributed by atoms with Crippen molar-refractivity contribution in [2.24, 2.45) is 0 Å². The maximum absolute atomic E-state index is 6.11. The van der Waals surface area contributed by atoms with Gasteiger partial charge in [-0.05, 0) is 24.6 Å². The second-order valence-electron chi connectivity index (χ2n) is 4.25. The Balaban J connectivity index is 2.29. The Morgan fingerprint density at radius 1 is 1.16 bits per heavy atom. The molecule has 1 aromatic heterocycles.